The van der Waals surface area contributed by atoms with Gasteiger partial charge in [-0.2, -0.15) is 0 Å². The van der Waals surface area contributed by atoms with Crippen LogP contribution in [0.25, 0.3) is 0 Å². The van der Waals surface area contributed by atoms with Crippen molar-refractivity contribution in [2.24, 2.45) is 5.92 Å². The summed E-state index contributed by atoms with van der Waals surface area (Å²) in [5.41, 5.74) is -0.526. The molecule has 0 bridgehead atoms. The first-order valence-corrected chi connectivity index (χ1v) is 19.6. The van der Waals surface area contributed by atoms with E-state index < -0.39 is 62.8 Å². The van der Waals surface area contributed by atoms with Gasteiger partial charge in [0, 0.05) is 23.4 Å². The molecule has 262 valence electrons. The lowest BCUT2D eigenvalue weighted by Gasteiger charge is -2.30. The second-order valence-electron chi connectivity index (χ2n) is 13.8. The van der Waals surface area contributed by atoms with Crippen LogP contribution in [-0.4, -0.2) is 78.8 Å². The lowest BCUT2D eigenvalue weighted by atomic mass is 10.0. The number of hydrogen-bond acceptors (Lipinski definition) is 8. The minimum atomic E-state index is -3.84. The molecule has 1 saturated heterocycles. The molecule has 5 aliphatic rings. The van der Waals surface area contributed by atoms with Crippen molar-refractivity contribution in [1.82, 2.24) is 20.3 Å². The Hall–Kier alpha value is -2.97. The number of carbonyl (C=O) groups excluding carboxylic acids is 4. The van der Waals surface area contributed by atoms with E-state index in [1.807, 2.05) is 36.4 Å². The molecule has 3 aliphatic carbocycles. The highest BCUT2D eigenvalue weighted by atomic mass is 79.9. The fourth-order valence-corrected chi connectivity index (χ4v) is 8.87. The third-order valence-electron chi connectivity index (χ3n) is 10.1. The Balaban J connectivity index is 1.24. The van der Waals surface area contributed by atoms with Crippen molar-refractivity contribution >= 4 is 49.8 Å². The van der Waals surface area contributed by atoms with Gasteiger partial charge in [-0.25, -0.2) is 13.2 Å². The molecule has 2 heterocycles. The molecule has 14 heteroatoms. The minimum Gasteiger partial charge on any atom is -0.446 e. The average Bonchev–Trinajstić information content (AvgIpc) is 3.92. The molecule has 5 atom stereocenters. The van der Waals surface area contributed by atoms with Crippen molar-refractivity contribution in [3.8, 4) is 0 Å². The summed E-state index contributed by atoms with van der Waals surface area (Å²) in [6.45, 7) is 0.369. The molecule has 1 aromatic rings. The highest BCUT2D eigenvalue weighted by molar-refractivity contribution is 9.10. The zero-order valence-corrected chi connectivity index (χ0v) is 29.4. The fraction of sp³-hybridized carbons (Fsp3) is 0.647. The first-order valence-electron chi connectivity index (χ1n) is 17.2. The van der Waals surface area contributed by atoms with E-state index in [1.165, 1.54) is 4.90 Å². The lowest BCUT2D eigenvalue weighted by Crippen LogP contribution is -2.58. The highest BCUT2D eigenvalue weighted by Gasteiger charge is 2.62. The maximum absolute atomic E-state index is 14.3. The van der Waals surface area contributed by atoms with Gasteiger partial charge in [0.1, 0.15) is 23.7 Å². The number of ether oxygens (including phenoxy) is 2. The molecule has 0 radical (unpaired) electrons. The Kier molecular flexibility index (Phi) is 10.8. The SMILES string of the molecule is O=C(N[C@H]1CCCCC/C=C\[C@@H]2C[C@@]2(C(=O)NS(=O)(=O)C2CC2)NC(=O)[C@@H]2C[C@@H](OCc3cccc(Br)c3)CN2C1=O)OC1CCCC1. The van der Waals surface area contributed by atoms with Crippen molar-refractivity contribution in [2.75, 3.05) is 6.54 Å². The van der Waals surface area contributed by atoms with Gasteiger partial charge in [-0.3, -0.25) is 19.1 Å². The molecule has 3 N–H and O–H groups in total. The second kappa shape index (κ2) is 14.9. The molecule has 12 nitrogen and oxygen atoms in total. The number of nitrogens with zero attached hydrogens (tertiary/aromatic N) is 1. The highest BCUT2D eigenvalue weighted by Crippen LogP contribution is 2.46. The lowest BCUT2D eigenvalue weighted by molar-refractivity contribution is -0.141. The quantitative estimate of drug-likeness (QED) is 0.337. The van der Waals surface area contributed by atoms with E-state index in [2.05, 4.69) is 31.3 Å². The zero-order chi connectivity index (χ0) is 33.9. The molecule has 3 saturated carbocycles. The van der Waals surface area contributed by atoms with E-state index in [4.69, 9.17) is 9.47 Å². The summed E-state index contributed by atoms with van der Waals surface area (Å²) in [6.07, 6.45) is 10.9. The number of halogens is 1. The van der Waals surface area contributed by atoms with Gasteiger partial charge >= 0.3 is 6.09 Å². The summed E-state index contributed by atoms with van der Waals surface area (Å²) in [4.78, 5) is 56.4. The van der Waals surface area contributed by atoms with Crippen LogP contribution in [0.1, 0.15) is 89.0 Å². The third kappa shape index (κ3) is 8.42. The van der Waals surface area contributed by atoms with Crippen molar-refractivity contribution < 1.29 is 37.1 Å². The first-order chi connectivity index (χ1) is 23.0. The van der Waals surface area contributed by atoms with Gasteiger partial charge in [0.25, 0.3) is 5.91 Å². The van der Waals surface area contributed by atoms with E-state index in [9.17, 15) is 27.6 Å². The summed E-state index contributed by atoms with van der Waals surface area (Å²) in [7, 11) is -3.84. The molecule has 0 spiro atoms. The van der Waals surface area contributed by atoms with Crippen LogP contribution in [0, 0.1) is 5.92 Å². The predicted molar refractivity (Wildman–Crippen MR) is 180 cm³/mol. The third-order valence-corrected chi connectivity index (χ3v) is 12.4. The van der Waals surface area contributed by atoms with Crippen molar-refractivity contribution in [1.29, 1.82) is 0 Å². The number of benzene rings is 1. The molecular formula is C34H45BrN4O8S. The van der Waals surface area contributed by atoms with Crippen LogP contribution in [0.5, 0.6) is 0 Å². The molecule has 1 aromatic carbocycles. The van der Waals surface area contributed by atoms with Gasteiger partial charge in [0.2, 0.25) is 21.8 Å². The topological polar surface area (TPSA) is 160 Å². The minimum absolute atomic E-state index is 0.110. The van der Waals surface area contributed by atoms with Crippen LogP contribution >= 0.6 is 15.9 Å². The molecule has 2 aliphatic heterocycles. The van der Waals surface area contributed by atoms with Crippen LogP contribution in [0.2, 0.25) is 0 Å². The van der Waals surface area contributed by atoms with Crippen LogP contribution in [0.15, 0.2) is 40.9 Å². The number of rotatable bonds is 8. The largest absolute Gasteiger partial charge is 0.446 e. The van der Waals surface area contributed by atoms with Gasteiger partial charge < -0.3 is 25.0 Å². The summed E-state index contributed by atoms with van der Waals surface area (Å²) >= 11 is 3.47. The normalized spacial score (nSPS) is 30.6. The molecule has 0 aromatic heterocycles. The number of allylic oxidation sites excluding steroid dienone is 1. The van der Waals surface area contributed by atoms with Crippen LogP contribution in [0.4, 0.5) is 4.79 Å². The number of carbonyl (C=O) groups is 4. The standard InChI is InChI=1S/C34H45BrN4O8S/c35-24-11-8-9-22(17-24)21-46-26-18-29-30(40)37-34(32(42)38-48(44,45)27-15-16-27)19-23(34)10-4-2-1-3-5-14-28(31(41)39(29)20-26)36-33(43)47-25-12-6-7-13-25/h4,8-11,17,23,25-29H,1-3,5-7,12-16,18-21H2,(H,36,43)(H,37,40)(H,38,42)/b10-4-/t23-,26-,28+,29+,34-/m1/s1. The smallest absolute Gasteiger partial charge is 0.408 e. The van der Waals surface area contributed by atoms with Crippen molar-refractivity contribution in [3.63, 3.8) is 0 Å². The Morgan fingerprint density at radius 1 is 1.02 bits per heavy atom. The summed E-state index contributed by atoms with van der Waals surface area (Å²) in [5.74, 6) is -2.11. The number of sulfonamides is 1. The number of amides is 4. The van der Waals surface area contributed by atoms with E-state index in [0.717, 1.165) is 55.0 Å². The van der Waals surface area contributed by atoms with Gasteiger partial charge in [-0.05, 0) is 81.9 Å². The molecule has 4 fully saturated rings. The maximum atomic E-state index is 14.3. The predicted octanol–water partition coefficient (Wildman–Crippen LogP) is 3.98. The number of nitrogens with one attached hydrogen (secondary N) is 3. The molecule has 48 heavy (non-hydrogen) atoms. The number of fused-ring (bicyclic) bond motifs is 2. The Morgan fingerprint density at radius 2 is 1.79 bits per heavy atom. The van der Waals surface area contributed by atoms with Crippen LogP contribution < -0.4 is 15.4 Å². The monoisotopic (exact) mass is 748 g/mol. The van der Waals surface area contributed by atoms with E-state index in [1.54, 1.807) is 0 Å². The summed E-state index contributed by atoms with van der Waals surface area (Å²) in [5, 5.41) is 5.09. The van der Waals surface area contributed by atoms with Gasteiger partial charge in [0.15, 0.2) is 0 Å². The van der Waals surface area contributed by atoms with Crippen LogP contribution in [-0.2, 0) is 40.5 Å². The average molecular weight is 750 g/mol. The van der Waals surface area contributed by atoms with Gasteiger partial charge in [-0.15, -0.1) is 0 Å². The van der Waals surface area contributed by atoms with Crippen molar-refractivity contribution in [2.45, 2.75) is 125 Å². The fourth-order valence-electron chi connectivity index (χ4n) is 7.06. The number of alkyl carbamates (subject to hydrolysis) is 1. The summed E-state index contributed by atoms with van der Waals surface area (Å²) in [6, 6.07) is 5.75. The van der Waals surface area contributed by atoms with Gasteiger partial charge in [-0.1, -0.05) is 53.1 Å². The Labute approximate surface area is 290 Å². The van der Waals surface area contributed by atoms with E-state index in [-0.39, 0.29) is 38.0 Å². The summed E-state index contributed by atoms with van der Waals surface area (Å²) < 4.78 is 40.4. The zero-order valence-electron chi connectivity index (χ0n) is 27.0. The van der Waals surface area contributed by atoms with Gasteiger partial charge in [0.05, 0.1) is 18.0 Å². The van der Waals surface area contributed by atoms with Crippen molar-refractivity contribution in [3.05, 3.63) is 46.5 Å². The number of hydrogen-bond donors (Lipinski definition) is 3. The molecule has 4 amide bonds. The Bertz CT molecular complexity index is 1530. The van der Waals surface area contributed by atoms with E-state index >= 15 is 0 Å². The second-order valence-corrected chi connectivity index (χ2v) is 16.7. The van der Waals surface area contributed by atoms with Crippen LogP contribution in [0.3, 0.4) is 0 Å². The molecular weight excluding hydrogens is 704 g/mol. The Morgan fingerprint density at radius 3 is 2.54 bits per heavy atom. The van der Waals surface area contributed by atoms with E-state index in [0.29, 0.717) is 25.7 Å². The first kappa shape index (κ1) is 34.9. The molecule has 6 rings (SSSR count). The maximum Gasteiger partial charge on any atom is 0.408 e. The molecule has 0 unspecified atom stereocenters.